The summed E-state index contributed by atoms with van der Waals surface area (Å²) in [6.45, 7) is 2.20. The van der Waals surface area contributed by atoms with E-state index in [9.17, 15) is 4.79 Å². The molecule has 1 amide bonds. The molecule has 0 atom stereocenters. The molecule has 0 spiro atoms. The maximum Gasteiger partial charge on any atom is 0.271 e. The first-order valence-electron chi connectivity index (χ1n) is 6.58. The lowest BCUT2D eigenvalue weighted by Crippen LogP contribution is -2.19. The first kappa shape index (κ1) is 13.6. The van der Waals surface area contributed by atoms with E-state index in [2.05, 4.69) is 10.5 Å². The topological polar surface area (TPSA) is 59.9 Å². The fourth-order valence-corrected chi connectivity index (χ4v) is 2.76. The Bertz CT molecular complexity index is 680. The number of hydrogen-bond donors (Lipinski definition) is 1. The van der Waals surface area contributed by atoms with Crippen LogP contribution in [-0.2, 0) is 0 Å². The third kappa shape index (κ3) is 2.90. The number of benzene rings is 1. The third-order valence-corrected chi connectivity index (χ3v) is 3.99. The Kier molecular flexibility index (Phi) is 3.87. The number of rotatable bonds is 4. The highest BCUT2D eigenvalue weighted by atomic mass is 32.1. The minimum Gasteiger partial charge on any atom is -0.454 e. The first-order chi connectivity index (χ1) is 10.3. The number of fused-ring (bicyclic) bond motifs is 1. The Morgan fingerprint density at radius 2 is 2.19 bits per heavy atom. The van der Waals surface area contributed by atoms with Crippen molar-refractivity contribution in [2.24, 2.45) is 5.10 Å². The van der Waals surface area contributed by atoms with Crippen LogP contribution in [0.5, 0.6) is 11.5 Å². The van der Waals surface area contributed by atoms with E-state index in [4.69, 9.17) is 9.47 Å². The SMILES string of the molecule is CCC(=NNC(=O)c1ccc2c(c1)OCO2)c1cccs1. The molecule has 1 aliphatic rings. The fourth-order valence-electron chi connectivity index (χ4n) is 1.97. The molecular weight excluding hydrogens is 288 g/mol. The van der Waals surface area contributed by atoms with Gasteiger partial charge in [0.25, 0.3) is 5.91 Å². The molecule has 108 valence electrons. The monoisotopic (exact) mass is 302 g/mol. The van der Waals surface area contributed by atoms with Gasteiger partial charge in [0, 0.05) is 5.56 Å². The summed E-state index contributed by atoms with van der Waals surface area (Å²) in [7, 11) is 0. The Morgan fingerprint density at radius 3 is 2.95 bits per heavy atom. The van der Waals surface area contributed by atoms with Crippen LogP contribution in [0.1, 0.15) is 28.6 Å². The molecule has 0 saturated carbocycles. The van der Waals surface area contributed by atoms with Crippen LogP contribution in [0.15, 0.2) is 40.8 Å². The number of nitrogens with one attached hydrogen (secondary N) is 1. The Balaban J connectivity index is 1.74. The van der Waals surface area contributed by atoms with Crippen LogP contribution in [0.25, 0.3) is 0 Å². The summed E-state index contributed by atoms with van der Waals surface area (Å²) >= 11 is 1.60. The number of ether oxygens (including phenoxy) is 2. The van der Waals surface area contributed by atoms with E-state index in [0.717, 1.165) is 17.0 Å². The average Bonchev–Trinajstić information content (AvgIpc) is 3.18. The zero-order valence-corrected chi connectivity index (χ0v) is 12.3. The summed E-state index contributed by atoms with van der Waals surface area (Å²) in [5.74, 6) is 0.972. The van der Waals surface area contributed by atoms with E-state index in [1.54, 1.807) is 29.5 Å². The molecule has 3 rings (SSSR count). The number of thiophene rings is 1. The Hall–Kier alpha value is -2.34. The van der Waals surface area contributed by atoms with Gasteiger partial charge in [-0.1, -0.05) is 13.0 Å². The van der Waals surface area contributed by atoms with Crippen LogP contribution >= 0.6 is 11.3 Å². The van der Waals surface area contributed by atoms with E-state index in [1.807, 2.05) is 24.4 Å². The second kappa shape index (κ2) is 5.97. The van der Waals surface area contributed by atoms with E-state index >= 15 is 0 Å². The molecule has 1 aliphatic heterocycles. The van der Waals surface area contributed by atoms with Gasteiger partial charge in [-0.25, -0.2) is 5.43 Å². The molecule has 0 unspecified atom stereocenters. The summed E-state index contributed by atoms with van der Waals surface area (Å²) in [4.78, 5) is 13.2. The average molecular weight is 302 g/mol. The molecule has 0 saturated heterocycles. The summed E-state index contributed by atoms with van der Waals surface area (Å²) in [5.41, 5.74) is 3.94. The van der Waals surface area contributed by atoms with Crippen molar-refractivity contribution >= 4 is 23.0 Å². The van der Waals surface area contributed by atoms with Crippen molar-refractivity contribution in [1.82, 2.24) is 5.43 Å². The van der Waals surface area contributed by atoms with Crippen molar-refractivity contribution in [1.29, 1.82) is 0 Å². The zero-order valence-electron chi connectivity index (χ0n) is 11.5. The van der Waals surface area contributed by atoms with Crippen LogP contribution in [-0.4, -0.2) is 18.4 Å². The molecule has 1 N–H and O–H groups in total. The van der Waals surface area contributed by atoms with Crippen LogP contribution in [0, 0.1) is 0 Å². The standard InChI is InChI=1S/C15H14N2O3S/c1-2-11(14-4-3-7-21-14)16-17-15(18)10-5-6-12-13(8-10)20-9-19-12/h3-8H,2,9H2,1H3,(H,17,18). The second-order valence-electron chi connectivity index (χ2n) is 4.40. The molecule has 0 aliphatic carbocycles. The summed E-state index contributed by atoms with van der Waals surface area (Å²) in [5, 5.41) is 6.20. The van der Waals surface area contributed by atoms with Gasteiger partial charge >= 0.3 is 0 Å². The van der Waals surface area contributed by atoms with Crippen molar-refractivity contribution in [3.8, 4) is 11.5 Å². The predicted octanol–water partition coefficient (Wildman–Crippen LogP) is 3.02. The molecule has 0 radical (unpaired) electrons. The van der Waals surface area contributed by atoms with Crippen LogP contribution in [0.3, 0.4) is 0 Å². The lowest BCUT2D eigenvalue weighted by molar-refractivity contribution is 0.0954. The largest absolute Gasteiger partial charge is 0.454 e. The van der Waals surface area contributed by atoms with E-state index in [1.165, 1.54) is 0 Å². The first-order valence-corrected chi connectivity index (χ1v) is 7.46. The molecule has 2 aromatic rings. The van der Waals surface area contributed by atoms with Gasteiger partial charge in [0.2, 0.25) is 6.79 Å². The maximum atomic E-state index is 12.1. The van der Waals surface area contributed by atoms with Crippen LogP contribution in [0.4, 0.5) is 0 Å². The van der Waals surface area contributed by atoms with Gasteiger partial charge in [-0.3, -0.25) is 4.79 Å². The number of amides is 1. The molecular formula is C15H14N2O3S. The van der Waals surface area contributed by atoms with E-state index < -0.39 is 0 Å². The third-order valence-electron chi connectivity index (χ3n) is 3.07. The van der Waals surface area contributed by atoms with Gasteiger partial charge in [-0.15, -0.1) is 11.3 Å². The van der Waals surface area contributed by atoms with Crippen molar-refractivity contribution < 1.29 is 14.3 Å². The van der Waals surface area contributed by atoms with Gasteiger partial charge in [0.1, 0.15) is 0 Å². The molecule has 0 fully saturated rings. The van der Waals surface area contributed by atoms with E-state index in [0.29, 0.717) is 17.1 Å². The van der Waals surface area contributed by atoms with E-state index in [-0.39, 0.29) is 12.7 Å². The number of carbonyl (C=O) groups is 1. The number of carbonyl (C=O) groups excluding carboxylic acids is 1. The molecule has 1 aromatic heterocycles. The quantitative estimate of drug-likeness (QED) is 0.697. The minimum atomic E-state index is -0.268. The fraction of sp³-hybridized carbons (Fsp3) is 0.200. The second-order valence-corrected chi connectivity index (χ2v) is 5.35. The highest BCUT2D eigenvalue weighted by Crippen LogP contribution is 2.32. The van der Waals surface area contributed by atoms with Crippen molar-refractivity contribution in [3.05, 3.63) is 46.2 Å². The summed E-state index contributed by atoms with van der Waals surface area (Å²) in [6, 6.07) is 9.02. The van der Waals surface area contributed by atoms with Crippen molar-refractivity contribution in [3.63, 3.8) is 0 Å². The van der Waals surface area contributed by atoms with Gasteiger partial charge < -0.3 is 9.47 Å². The molecule has 21 heavy (non-hydrogen) atoms. The number of nitrogens with zero attached hydrogens (tertiary/aromatic N) is 1. The van der Waals surface area contributed by atoms with Gasteiger partial charge in [0.05, 0.1) is 10.6 Å². The maximum absolute atomic E-state index is 12.1. The molecule has 0 bridgehead atoms. The van der Waals surface area contributed by atoms with Gasteiger partial charge in [0.15, 0.2) is 11.5 Å². The zero-order chi connectivity index (χ0) is 14.7. The minimum absolute atomic E-state index is 0.191. The number of hydrazone groups is 1. The number of hydrogen-bond acceptors (Lipinski definition) is 5. The highest BCUT2D eigenvalue weighted by molar-refractivity contribution is 7.12. The van der Waals surface area contributed by atoms with Crippen molar-refractivity contribution in [2.45, 2.75) is 13.3 Å². The summed E-state index contributed by atoms with van der Waals surface area (Å²) < 4.78 is 10.5. The molecule has 1 aromatic carbocycles. The normalized spacial score (nSPS) is 13.3. The Morgan fingerprint density at radius 1 is 1.33 bits per heavy atom. The van der Waals surface area contributed by atoms with Gasteiger partial charge in [-0.2, -0.15) is 5.10 Å². The molecule has 2 heterocycles. The van der Waals surface area contributed by atoms with Crippen molar-refractivity contribution in [2.75, 3.05) is 6.79 Å². The predicted molar refractivity (Wildman–Crippen MR) is 81.2 cm³/mol. The molecule has 6 heteroatoms. The molecule has 5 nitrogen and oxygen atoms in total. The highest BCUT2D eigenvalue weighted by Gasteiger charge is 2.16. The smallest absolute Gasteiger partial charge is 0.271 e. The van der Waals surface area contributed by atoms with Crippen LogP contribution < -0.4 is 14.9 Å². The lowest BCUT2D eigenvalue weighted by atomic mass is 10.2. The van der Waals surface area contributed by atoms with Crippen LogP contribution in [0.2, 0.25) is 0 Å². The van der Waals surface area contributed by atoms with Gasteiger partial charge in [-0.05, 0) is 36.1 Å². The Labute approximate surface area is 126 Å². The lowest BCUT2D eigenvalue weighted by Gasteiger charge is -2.04. The summed E-state index contributed by atoms with van der Waals surface area (Å²) in [6.07, 6.45) is 0.752.